The summed E-state index contributed by atoms with van der Waals surface area (Å²) in [7, 11) is 1.62. The number of para-hydroxylation sites is 1. The lowest BCUT2D eigenvalue weighted by atomic mass is 10.0. The maximum atomic E-state index is 13.0. The number of nitrogens with zero attached hydrogens (tertiary/aromatic N) is 3. The molecule has 0 spiro atoms. The number of urea groups is 1. The Morgan fingerprint density at radius 2 is 2.14 bits per heavy atom. The molecule has 29 heavy (non-hydrogen) atoms. The first-order valence-corrected chi connectivity index (χ1v) is 10.6. The fourth-order valence-electron chi connectivity index (χ4n) is 3.43. The number of rotatable bonds is 6. The summed E-state index contributed by atoms with van der Waals surface area (Å²) in [5.41, 5.74) is 1.63. The molecule has 0 aliphatic carbocycles. The van der Waals surface area contributed by atoms with Gasteiger partial charge in [-0.05, 0) is 37.5 Å². The van der Waals surface area contributed by atoms with Crippen molar-refractivity contribution in [2.24, 2.45) is 0 Å². The summed E-state index contributed by atoms with van der Waals surface area (Å²) in [6.07, 6.45) is 4.63. The van der Waals surface area contributed by atoms with Crippen molar-refractivity contribution in [2.75, 3.05) is 32.2 Å². The number of methoxy groups -OCH3 is 1. The molecular formula is C21H24N4O3S. The number of piperidine rings is 1. The van der Waals surface area contributed by atoms with Crippen molar-refractivity contribution in [1.29, 1.82) is 0 Å². The summed E-state index contributed by atoms with van der Waals surface area (Å²) in [4.78, 5) is 23.9. The van der Waals surface area contributed by atoms with Crippen LogP contribution in [0.25, 0.3) is 10.2 Å². The molecule has 0 saturated carbocycles. The smallest absolute Gasteiger partial charge is 0.322 e. The lowest BCUT2D eigenvalue weighted by molar-refractivity contribution is 0.144. The highest BCUT2D eigenvalue weighted by Gasteiger charge is 2.30. The van der Waals surface area contributed by atoms with Gasteiger partial charge in [0.25, 0.3) is 0 Å². The highest BCUT2D eigenvalue weighted by atomic mass is 32.1. The standard InChI is InChI=1S/C21H24N4O3S/c1-27-12-13-28-19-10-9-15(14-22-19)23-21(26)25-11-5-4-7-17(25)20-24-16-6-2-3-8-18(16)29-20/h2-3,6,8-10,14,17H,4-5,7,11-13H2,1H3,(H,23,26)/t17-/m0/s1. The Morgan fingerprint density at radius 1 is 1.24 bits per heavy atom. The topological polar surface area (TPSA) is 76.6 Å². The molecule has 2 amide bonds. The van der Waals surface area contributed by atoms with Crippen LogP contribution in [0.3, 0.4) is 0 Å². The Hall–Kier alpha value is -2.71. The summed E-state index contributed by atoms with van der Waals surface area (Å²) in [5, 5.41) is 3.96. The zero-order valence-electron chi connectivity index (χ0n) is 16.3. The number of fused-ring (bicyclic) bond motifs is 1. The number of ether oxygens (including phenoxy) is 2. The number of hydrogen-bond donors (Lipinski definition) is 1. The first kappa shape index (κ1) is 19.6. The molecule has 1 atom stereocenters. The number of nitrogens with one attached hydrogen (secondary N) is 1. The van der Waals surface area contributed by atoms with E-state index in [4.69, 9.17) is 14.5 Å². The number of likely N-dealkylation sites (tertiary alicyclic amines) is 1. The summed E-state index contributed by atoms with van der Waals surface area (Å²) in [6.45, 7) is 1.66. The summed E-state index contributed by atoms with van der Waals surface area (Å²) in [6, 6.07) is 11.5. The van der Waals surface area contributed by atoms with E-state index in [2.05, 4.69) is 16.4 Å². The van der Waals surface area contributed by atoms with Crippen LogP contribution in [0.1, 0.15) is 30.3 Å². The van der Waals surface area contributed by atoms with Crippen molar-refractivity contribution < 1.29 is 14.3 Å². The van der Waals surface area contributed by atoms with E-state index in [-0.39, 0.29) is 12.1 Å². The van der Waals surface area contributed by atoms with Crippen molar-refractivity contribution in [3.8, 4) is 5.88 Å². The molecule has 152 valence electrons. The number of aromatic nitrogens is 2. The highest BCUT2D eigenvalue weighted by Crippen LogP contribution is 2.35. The third-order valence-electron chi connectivity index (χ3n) is 4.88. The second-order valence-corrected chi connectivity index (χ2v) is 7.94. The Labute approximate surface area is 173 Å². The van der Waals surface area contributed by atoms with Gasteiger partial charge >= 0.3 is 6.03 Å². The predicted octanol–water partition coefficient (Wildman–Crippen LogP) is 4.48. The van der Waals surface area contributed by atoms with Crippen LogP contribution >= 0.6 is 11.3 Å². The molecule has 1 aliphatic heterocycles. The molecule has 2 aromatic heterocycles. The second-order valence-electron chi connectivity index (χ2n) is 6.88. The molecule has 0 bridgehead atoms. The van der Waals surface area contributed by atoms with E-state index in [0.29, 0.717) is 24.8 Å². The van der Waals surface area contributed by atoms with Gasteiger partial charge in [0.1, 0.15) is 11.6 Å². The van der Waals surface area contributed by atoms with Crippen molar-refractivity contribution in [1.82, 2.24) is 14.9 Å². The van der Waals surface area contributed by atoms with Crippen LogP contribution in [0.5, 0.6) is 5.88 Å². The highest BCUT2D eigenvalue weighted by molar-refractivity contribution is 7.18. The number of thiazole rings is 1. The van der Waals surface area contributed by atoms with Gasteiger partial charge in [0.15, 0.2) is 0 Å². The Balaban J connectivity index is 1.44. The molecular weight excluding hydrogens is 388 g/mol. The molecule has 1 fully saturated rings. The number of amides is 2. The minimum atomic E-state index is -0.121. The summed E-state index contributed by atoms with van der Waals surface area (Å²) in [5.74, 6) is 0.505. The van der Waals surface area contributed by atoms with Crippen molar-refractivity contribution in [3.63, 3.8) is 0 Å². The fourth-order valence-corrected chi connectivity index (χ4v) is 4.54. The average molecular weight is 413 g/mol. The van der Waals surface area contributed by atoms with E-state index < -0.39 is 0 Å². The zero-order valence-corrected chi connectivity index (χ0v) is 17.2. The molecule has 3 aromatic rings. The molecule has 8 heteroatoms. The van der Waals surface area contributed by atoms with Crippen LogP contribution in [0.4, 0.5) is 10.5 Å². The van der Waals surface area contributed by atoms with Gasteiger partial charge in [-0.15, -0.1) is 11.3 Å². The number of benzene rings is 1. The predicted molar refractivity (Wildman–Crippen MR) is 114 cm³/mol. The minimum Gasteiger partial charge on any atom is -0.475 e. The first-order valence-electron chi connectivity index (χ1n) is 9.75. The van der Waals surface area contributed by atoms with Gasteiger partial charge in [0, 0.05) is 19.7 Å². The molecule has 1 aliphatic rings. The number of hydrogen-bond acceptors (Lipinski definition) is 6. The van der Waals surface area contributed by atoms with Gasteiger partial charge in [-0.2, -0.15) is 0 Å². The van der Waals surface area contributed by atoms with E-state index in [0.717, 1.165) is 41.0 Å². The maximum absolute atomic E-state index is 13.0. The molecule has 0 radical (unpaired) electrons. The molecule has 1 N–H and O–H groups in total. The summed E-state index contributed by atoms with van der Waals surface area (Å²) < 4.78 is 11.6. The van der Waals surface area contributed by atoms with Crippen LogP contribution in [0.15, 0.2) is 42.6 Å². The van der Waals surface area contributed by atoms with Crippen LogP contribution in [0, 0.1) is 0 Å². The van der Waals surface area contributed by atoms with Crippen molar-refractivity contribution in [3.05, 3.63) is 47.6 Å². The van der Waals surface area contributed by atoms with Gasteiger partial charge < -0.3 is 19.7 Å². The quantitative estimate of drug-likeness (QED) is 0.604. The number of pyridine rings is 1. The van der Waals surface area contributed by atoms with Gasteiger partial charge in [0.05, 0.1) is 34.7 Å². The monoisotopic (exact) mass is 412 g/mol. The van der Waals surface area contributed by atoms with Gasteiger partial charge in [-0.3, -0.25) is 0 Å². The largest absolute Gasteiger partial charge is 0.475 e. The SMILES string of the molecule is COCCOc1ccc(NC(=O)N2CCCC[C@H]2c2nc3ccccc3s2)cn1. The average Bonchev–Trinajstić information content (AvgIpc) is 3.19. The maximum Gasteiger partial charge on any atom is 0.322 e. The lowest BCUT2D eigenvalue weighted by Gasteiger charge is -2.34. The fraction of sp³-hybridized carbons (Fsp3) is 0.381. The van der Waals surface area contributed by atoms with Gasteiger partial charge in [0.2, 0.25) is 5.88 Å². The van der Waals surface area contributed by atoms with Gasteiger partial charge in [-0.1, -0.05) is 12.1 Å². The van der Waals surface area contributed by atoms with Crippen LogP contribution in [-0.2, 0) is 4.74 Å². The normalized spacial score (nSPS) is 16.7. The van der Waals surface area contributed by atoms with Crippen LogP contribution in [0.2, 0.25) is 0 Å². The van der Waals surface area contributed by atoms with E-state index in [1.165, 1.54) is 0 Å². The number of carbonyl (C=O) groups is 1. The Bertz CT molecular complexity index is 927. The molecule has 0 unspecified atom stereocenters. The first-order chi connectivity index (χ1) is 14.2. The second kappa shape index (κ2) is 9.19. The summed E-state index contributed by atoms with van der Waals surface area (Å²) >= 11 is 1.67. The number of anilines is 1. The molecule has 7 nitrogen and oxygen atoms in total. The minimum absolute atomic E-state index is 0.00533. The van der Waals surface area contributed by atoms with Crippen molar-refractivity contribution in [2.45, 2.75) is 25.3 Å². The van der Waals surface area contributed by atoms with Crippen LogP contribution in [-0.4, -0.2) is 47.8 Å². The molecule has 3 heterocycles. The van der Waals surface area contributed by atoms with E-state index >= 15 is 0 Å². The Morgan fingerprint density at radius 3 is 2.93 bits per heavy atom. The van der Waals surface area contributed by atoms with Gasteiger partial charge in [-0.25, -0.2) is 14.8 Å². The number of carbonyl (C=O) groups excluding carboxylic acids is 1. The lowest BCUT2D eigenvalue weighted by Crippen LogP contribution is -2.41. The van der Waals surface area contributed by atoms with E-state index in [9.17, 15) is 4.79 Å². The Kier molecular flexibility index (Phi) is 6.21. The zero-order chi connectivity index (χ0) is 20.1. The third kappa shape index (κ3) is 4.65. The molecule has 1 saturated heterocycles. The van der Waals surface area contributed by atoms with Crippen LogP contribution < -0.4 is 10.1 Å². The van der Waals surface area contributed by atoms with E-state index in [1.54, 1.807) is 36.8 Å². The third-order valence-corrected chi connectivity index (χ3v) is 6.02. The molecule has 1 aromatic carbocycles. The van der Waals surface area contributed by atoms with E-state index in [1.807, 2.05) is 23.1 Å². The van der Waals surface area contributed by atoms with Crippen molar-refractivity contribution >= 4 is 33.3 Å². The molecule has 4 rings (SSSR count).